The van der Waals surface area contributed by atoms with Gasteiger partial charge in [0.05, 0.1) is 28.4 Å². The maximum absolute atomic E-state index is 15.7. The Morgan fingerprint density at radius 1 is 1.23 bits per heavy atom. The standard InChI is InChI=1S/C29H33ClFN5O6S/c1-28(2,3)41-27(38)33-21-16-43(39,40)23-14-20(31)19(24-34-26(42-35-24)29(4)9-11-32-12-10-29)13-22(23)36(25(21)37)15-17-5-7-18(30)8-6-17/h5-8,13-14,21,32H,9-12,15-16H2,1-4H3,(H,33,38)/t21-/m0/s1. The van der Waals surface area contributed by atoms with Crippen LogP contribution in [0.3, 0.4) is 0 Å². The van der Waals surface area contributed by atoms with Gasteiger partial charge in [-0.15, -0.1) is 0 Å². The molecular weight excluding hydrogens is 601 g/mol. The van der Waals surface area contributed by atoms with Crippen LogP contribution in [0.25, 0.3) is 11.4 Å². The number of amides is 2. The fourth-order valence-electron chi connectivity index (χ4n) is 5.12. The van der Waals surface area contributed by atoms with Crippen molar-refractivity contribution in [3.05, 3.63) is 58.7 Å². The molecule has 2 N–H and O–H groups in total. The fourth-order valence-corrected chi connectivity index (χ4v) is 6.86. The van der Waals surface area contributed by atoms with E-state index in [9.17, 15) is 18.0 Å². The van der Waals surface area contributed by atoms with Gasteiger partial charge in [-0.2, -0.15) is 4.98 Å². The third-order valence-electron chi connectivity index (χ3n) is 7.46. The molecule has 2 aromatic carbocycles. The van der Waals surface area contributed by atoms with E-state index in [4.69, 9.17) is 20.9 Å². The Morgan fingerprint density at radius 2 is 1.91 bits per heavy atom. The first-order valence-corrected chi connectivity index (χ1v) is 15.9. The highest BCUT2D eigenvalue weighted by Gasteiger charge is 2.41. The summed E-state index contributed by atoms with van der Waals surface area (Å²) in [6.45, 7) is 8.34. The van der Waals surface area contributed by atoms with Crippen LogP contribution in [0.5, 0.6) is 0 Å². The minimum Gasteiger partial charge on any atom is -0.444 e. The second kappa shape index (κ2) is 11.5. The smallest absolute Gasteiger partial charge is 0.408 e. The van der Waals surface area contributed by atoms with Gasteiger partial charge in [-0.1, -0.05) is 35.8 Å². The van der Waals surface area contributed by atoms with Crippen molar-refractivity contribution in [1.29, 1.82) is 0 Å². The highest BCUT2D eigenvalue weighted by Crippen LogP contribution is 2.38. The van der Waals surface area contributed by atoms with E-state index in [1.165, 1.54) is 11.0 Å². The van der Waals surface area contributed by atoms with Crippen molar-refractivity contribution in [2.75, 3.05) is 23.7 Å². The van der Waals surface area contributed by atoms with Crippen LogP contribution in [0, 0.1) is 5.82 Å². The number of fused-ring (bicyclic) bond motifs is 1. The molecule has 2 aliphatic heterocycles. The van der Waals surface area contributed by atoms with Crippen LogP contribution in [0.2, 0.25) is 5.02 Å². The van der Waals surface area contributed by atoms with Crippen LogP contribution in [-0.2, 0) is 31.3 Å². The largest absolute Gasteiger partial charge is 0.444 e. The van der Waals surface area contributed by atoms with Crippen molar-refractivity contribution in [3.63, 3.8) is 0 Å². The van der Waals surface area contributed by atoms with Crippen molar-refractivity contribution >= 4 is 39.1 Å². The third kappa shape index (κ3) is 6.68. The Morgan fingerprint density at radius 3 is 2.56 bits per heavy atom. The summed E-state index contributed by atoms with van der Waals surface area (Å²) in [5.41, 5.74) is -0.891. The zero-order valence-electron chi connectivity index (χ0n) is 24.2. The number of benzene rings is 2. The zero-order chi connectivity index (χ0) is 31.2. The number of aromatic nitrogens is 2. The number of carbonyl (C=O) groups is 2. The number of hydrogen-bond donors (Lipinski definition) is 2. The van der Waals surface area contributed by atoms with Gasteiger partial charge < -0.3 is 24.8 Å². The van der Waals surface area contributed by atoms with Crippen molar-refractivity contribution in [1.82, 2.24) is 20.8 Å². The van der Waals surface area contributed by atoms with E-state index in [1.54, 1.807) is 45.0 Å². The number of nitrogens with zero attached hydrogens (tertiary/aromatic N) is 3. The number of sulfone groups is 1. The molecule has 5 rings (SSSR count). The molecule has 43 heavy (non-hydrogen) atoms. The number of carbonyl (C=O) groups excluding carboxylic acids is 2. The summed E-state index contributed by atoms with van der Waals surface area (Å²) in [6.07, 6.45) is 0.528. The molecule has 0 saturated carbocycles. The Kier molecular flexibility index (Phi) is 8.27. The summed E-state index contributed by atoms with van der Waals surface area (Å²) in [5.74, 6) is -2.15. The lowest BCUT2D eigenvalue weighted by atomic mass is 9.81. The first-order valence-electron chi connectivity index (χ1n) is 13.8. The van der Waals surface area contributed by atoms with Crippen LogP contribution < -0.4 is 15.5 Å². The Bertz CT molecular complexity index is 1650. The predicted molar refractivity (Wildman–Crippen MR) is 157 cm³/mol. The molecular formula is C29H33ClFN5O6S. The lowest BCUT2D eigenvalue weighted by molar-refractivity contribution is -0.120. The highest BCUT2D eigenvalue weighted by molar-refractivity contribution is 7.91. The Balaban J connectivity index is 1.59. The summed E-state index contributed by atoms with van der Waals surface area (Å²) < 4.78 is 53.7. The molecule has 0 unspecified atom stereocenters. The van der Waals surface area contributed by atoms with Gasteiger partial charge in [0.25, 0.3) is 5.91 Å². The monoisotopic (exact) mass is 633 g/mol. The van der Waals surface area contributed by atoms with Crippen LogP contribution >= 0.6 is 11.6 Å². The molecule has 0 spiro atoms. The molecule has 230 valence electrons. The average Bonchev–Trinajstić information content (AvgIpc) is 3.40. The maximum Gasteiger partial charge on any atom is 0.408 e. The second-order valence-electron chi connectivity index (χ2n) is 12.1. The summed E-state index contributed by atoms with van der Waals surface area (Å²) in [5, 5.41) is 10.2. The van der Waals surface area contributed by atoms with E-state index in [1.807, 2.05) is 6.92 Å². The van der Waals surface area contributed by atoms with Gasteiger partial charge in [0.1, 0.15) is 17.5 Å². The SMILES string of the molecule is CC(C)(C)OC(=O)N[C@H]1CS(=O)(=O)c2cc(F)c(-c3noc(C4(C)CCNCC4)n3)cc2N(Cc2ccc(Cl)cc2)C1=O. The van der Waals surface area contributed by atoms with Crippen LogP contribution in [-0.4, -0.2) is 61.0 Å². The van der Waals surface area contributed by atoms with Crippen LogP contribution in [0.1, 0.15) is 52.0 Å². The zero-order valence-corrected chi connectivity index (χ0v) is 25.8. The van der Waals surface area contributed by atoms with E-state index in [2.05, 4.69) is 20.8 Å². The number of alkyl carbamates (subject to hydrolysis) is 1. The molecule has 11 nitrogen and oxygen atoms in total. The number of halogens is 2. The van der Waals surface area contributed by atoms with Crippen LogP contribution in [0.4, 0.5) is 14.9 Å². The topological polar surface area (TPSA) is 144 Å². The molecule has 2 amide bonds. The summed E-state index contributed by atoms with van der Waals surface area (Å²) >= 11 is 6.05. The van der Waals surface area contributed by atoms with Gasteiger partial charge in [0.2, 0.25) is 11.7 Å². The molecule has 14 heteroatoms. The number of hydrogen-bond acceptors (Lipinski definition) is 9. The number of nitrogens with one attached hydrogen (secondary N) is 2. The number of piperidine rings is 1. The quantitative estimate of drug-likeness (QED) is 0.418. The van der Waals surface area contributed by atoms with Gasteiger partial charge in [-0.25, -0.2) is 17.6 Å². The van der Waals surface area contributed by atoms with E-state index in [0.29, 0.717) is 16.5 Å². The average molecular weight is 634 g/mol. The Labute approximate surface area is 254 Å². The first kappa shape index (κ1) is 30.9. The fraction of sp³-hybridized carbons (Fsp3) is 0.448. The van der Waals surface area contributed by atoms with Gasteiger partial charge in [0, 0.05) is 10.4 Å². The molecule has 3 heterocycles. The van der Waals surface area contributed by atoms with Gasteiger partial charge in [-0.3, -0.25) is 4.79 Å². The Hall–Kier alpha value is -3.55. The molecule has 1 saturated heterocycles. The molecule has 0 aliphatic carbocycles. The molecule has 1 aromatic heterocycles. The van der Waals surface area contributed by atoms with Crippen molar-refractivity contribution in [2.24, 2.45) is 0 Å². The van der Waals surface area contributed by atoms with Crippen molar-refractivity contribution < 1.29 is 31.7 Å². The normalized spacial score (nSPS) is 19.8. The van der Waals surface area contributed by atoms with E-state index >= 15 is 4.39 Å². The summed E-state index contributed by atoms with van der Waals surface area (Å²) in [7, 11) is -4.29. The lowest BCUT2D eigenvalue weighted by Gasteiger charge is -2.30. The van der Waals surface area contributed by atoms with Crippen LogP contribution in [0.15, 0.2) is 45.8 Å². The molecule has 3 aromatic rings. The molecule has 1 fully saturated rings. The number of anilines is 1. The molecule has 2 aliphatic rings. The molecule has 1 atom stereocenters. The van der Waals surface area contributed by atoms with Gasteiger partial charge in [-0.05, 0) is 76.5 Å². The third-order valence-corrected chi connectivity index (χ3v) is 9.48. The molecule has 0 radical (unpaired) electrons. The maximum atomic E-state index is 15.7. The predicted octanol–water partition coefficient (Wildman–Crippen LogP) is 4.38. The second-order valence-corrected chi connectivity index (χ2v) is 14.5. The number of ether oxygens (including phenoxy) is 1. The van der Waals surface area contributed by atoms with E-state index < -0.39 is 55.4 Å². The number of rotatable bonds is 5. The lowest BCUT2D eigenvalue weighted by Crippen LogP contribution is -2.51. The summed E-state index contributed by atoms with van der Waals surface area (Å²) in [4.78, 5) is 31.9. The van der Waals surface area contributed by atoms with Gasteiger partial charge in [0.15, 0.2) is 9.84 Å². The first-order chi connectivity index (χ1) is 20.1. The van der Waals surface area contributed by atoms with Crippen molar-refractivity contribution in [3.8, 4) is 11.4 Å². The minimum atomic E-state index is -4.29. The summed E-state index contributed by atoms with van der Waals surface area (Å²) in [6, 6.07) is 7.21. The van der Waals surface area contributed by atoms with E-state index in [-0.39, 0.29) is 23.6 Å². The highest BCUT2D eigenvalue weighted by atomic mass is 35.5. The van der Waals surface area contributed by atoms with Gasteiger partial charge >= 0.3 is 6.09 Å². The minimum absolute atomic E-state index is 0.0703. The van der Waals surface area contributed by atoms with E-state index in [0.717, 1.165) is 32.0 Å². The van der Waals surface area contributed by atoms with Crippen molar-refractivity contribution in [2.45, 2.75) is 69.0 Å². The molecule has 0 bridgehead atoms.